The zero-order valence-electron chi connectivity index (χ0n) is 11.1. The zero-order valence-corrected chi connectivity index (χ0v) is 12.8. The molecule has 0 amide bonds. The van der Waals surface area contributed by atoms with Gasteiger partial charge in [-0.25, -0.2) is 17.2 Å². The molecule has 20 heavy (non-hydrogen) atoms. The number of sulfonamides is 1. The molecule has 0 bridgehead atoms. The summed E-state index contributed by atoms with van der Waals surface area (Å²) in [5.74, 6) is -2.11. The van der Waals surface area contributed by atoms with E-state index in [1.807, 2.05) is 6.92 Å². The second-order valence-corrected chi connectivity index (χ2v) is 6.61. The lowest BCUT2D eigenvalue weighted by Gasteiger charge is -2.36. The Kier molecular flexibility index (Phi) is 5.48. The molecule has 0 saturated carbocycles. The van der Waals surface area contributed by atoms with Crippen molar-refractivity contribution < 1.29 is 17.2 Å². The van der Waals surface area contributed by atoms with Crippen molar-refractivity contribution in [2.24, 2.45) is 0 Å². The lowest BCUT2D eigenvalue weighted by Crippen LogP contribution is -2.56. The smallest absolute Gasteiger partial charge is 0.249 e. The van der Waals surface area contributed by atoms with Gasteiger partial charge < -0.3 is 5.32 Å². The molecule has 1 aromatic carbocycles. The predicted octanol–water partition coefficient (Wildman–Crippen LogP) is 1.76. The standard InChI is InChI=1S/C12H16F2N2O2S.ClH/c1-8-7-16(9(2)6-15-8)19(17,18)12-10(13)4-3-5-11(12)14;/h3-5,8-9,15H,6-7H2,1-2H3;1H. The Morgan fingerprint density at radius 1 is 1.25 bits per heavy atom. The van der Waals surface area contributed by atoms with E-state index in [1.54, 1.807) is 6.92 Å². The Hall–Kier alpha value is -0.760. The lowest BCUT2D eigenvalue weighted by atomic mass is 10.2. The van der Waals surface area contributed by atoms with Crippen LogP contribution in [0, 0.1) is 11.6 Å². The van der Waals surface area contributed by atoms with Crippen molar-refractivity contribution in [1.29, 1.82) is 0 Å². The van der Waals surface area contributed by atoms with Crippen LogP contribution in [0.1, 0.15) is 13.8 Å². The molecule has 2 unspecified atom stereocenters. The maximum absolute atomic E-state index is 13.7. The first-order chi connectivity index (χ1) is 8.84. The number of halogens is 3. The quantitative estimate of drug-likeness (QED) is 0.901. The summed E-state index contributed by atoms with van der Waals surface area (Å²) in [6.45, 7) is 4.18. The lowest BCUT2D eigenvalue weighted by molar-refractivity contribution is 0.243. The van der Waals surface area contributed by atoms with E-state index in [9.17, 15) is 17.2 Å². The molecule has 2 atom stereocenters. The number of rotatable bonds is 2. The van der Waals surface area contributed by atoms with Crippen LogP contribution in [0.3, 0.4) is 0 Å². The summed E-state index contributed by atoms with van der Waals surface area (Å²) in [6.07, 6.45) is 0. The predicted molar refractivity (Wildman–Crippen MR) is 74.4 cm³/mol. The van der Waals surface area contributed by atoms with Gasteiger partial charge in [0.2, 0.25) is 10.0 Å². The second-order valence-electron chi connectivity index (χ2n) is 4.78. The van der Waals surface area contributed by atoms with E-state index >= 15 is 0 Å². The van der Waals surface area contributed by atoms with E-state index in [0.717, 1.165) is 22.5 Å². The van der Waals surface area contributed by atoms with E-state index in [4.69, 9.17) is 0 Å². The maximum Gasteiger partial charge on any atom is 0.249 e. The molecule has 2 rings (SSSR count). The molecule has 1 aromatic rings. The average Bonchev–Trinajstić information content (AvgIpc) is 2.31. The van der Waals surface area contributed by atoms with Crippen molar-refractivity contribution in [3.63, 3.8) is 0 Å². The van der Waals surface area contributed by atoms with Crippen LogP contribution in [0.4, 0.5) is 8.78 Å². The third-order valence-electron chi connectivity index (χ3n) is 3.19. The highest BCUT2D eigenvalue weighted by Crippen LogP contribution is 2.25. The Morgan fingerprint density at radius 2 is 1.80 bits per heavy atom. The van der Waals surface area contributed by atoms with Crippen LogP contribution in [0.2, 0.25) is 0 Å². The third-order valence-corrected chi connectivity index (χ3v) is 5.23. The summed E-state index contributed by atoms with van der Waals surface area (Å²) >= 11 is 0. The number of piperazine rings is 1. The minimum absolute atomic E-state index is 0. The number of nitrogens with zero attached hydrogens (tertiary/aromatic N) is 1. The van der Waals surface area contributed by atoms with Crippen LogP contribution in [-0.2, 0) is 10.0 Å². The fraction of sp³-hybridized carbons (Fsp3) is 0.500. The third kappa shape index (κ3) is 3.11. The first-order valence-electron chi connectivity index (χ1n) is 6.03. The molecular formula is C12H17ClF2N2O2S. The van der Waals surface area contributed by atoms with Crippen LogP contribution in [0.15, 0.2) is 23.1 Å². The molecular weight excluding hydrogens is 310 g/mol. The zero-order chi connectivity index (χ0) is 14.2. The van der Waals surface area contributed by atoms with Crippen molar-refractivity contribution >= 4 is 22.4 Å². The van der Waals surface area contributed by atoms with Crippen molar-refractivity contribution in [2.45, 2.75) is 30.8 Å². The minimum Gasteiger partial charge on any atom is -0.311 e. The molecule has 1 N–H and O–H groups in total. The molecule has 1 heterocycles. The molecule has 4 nitrogen and oxygen atoms in total. The molecule has 114 valence electrons. The number of hydrogen-bond donors (Lipinski definition) is 1. The van der Waals surface area contributed by atoms with Crippen molar-refractivity contribution in [3.8, 4) is 0 Å². The first kappa shape index (κ1) is 17.3. The normalized spacial score (nSPS) is 24.2. The molecule has 8 heteroatoms. The van der Waals surface area contributed by atoms with Gasteiger partial charge in [0, 0.05) is 25.2 Å². The first-order valence-corrected chi connectivity index (χ1v) is 7.47. The number of benzene rings is 1. The van der Waals surface area contributed by atoms with Gasteiger partial charge in [-0.3, -0.25) is 0 Å². The minimum atomic E-state index is -4.16. The average molecular weight is 327 g/mol. The summed E-state index contributed by atoms with van der Waals surface area (Å²) < 4.78 is 53.3. The van der Waals surface area contributed by atoms with Gasteiger partial charge in [0.05, 0.1) is 0 Å². The summed E-state index contributed by atoms with van der Waals surface area (Å²) in [7, 11) is -4.16. The van der Waals surface area contributed by atoms with Crippen molar-refractivity contribution in [3.05, 3.63) is 29.8 Å². The van der Waals surface area contributed by atoms with Crippen LogP contribution in [0.25, 0.3) is 0 Å². The molecule has 0 radical (unpaired) electrons. The summed E-state index contributed by atoms with van der Waals surface area (Å²) in [5, 5.41) is 3.12. The molecule has 1 saturated heterocycles. The van der Waals surface area contributed by atoms with Crippen molar-refractivity contribution in [2.75, 3.05) is 13.1 Å². The molecule has 1 aliphatic rings. The molecule has 1 aliphatic heterocycles. The van der Waals surface area contributed by atoms with Gasteiger partial charge in [0.25, 0.3) is 0 Å². The molecule has 0 aliphatic carbocycles. The van der Waals surface area contributed by atoms with E-state index in [0.29, 0.717) is 6.54 Å². The summed E-state index contributed by atoms with van der Waals surface area (Å²) in [6, 6.07) is 2.65. The van der Waals surface area contributed by atoms with Gasteiger partial charge in [-0.15, -0.1) is 12.4 Å². The summed E-state index contributed by atoms with van der Waals surface area (Å²) in [5.41, 5.74) is 0. The molecule has 1 fully saturated rings. The van der Waals surface area contributed by atoms with Gasteiger partial charge in [-0.1, -0.05) is 6.07 Å². The Labute approximate surface area is 123 Å². The second kappa shape index (κ2) is 6.34. The van der Waals surface area contributed by atoms with E-state index in [-0.39, 0.29) is 31.0 Å². The van der Waals surface area contributed by atoms with Gasteiger partial charge in [-0.05, 0) is 26.0 Å². The Morgan fingerprint density at radius 3 is 2.35 bits per heavy atom. The highest BCUT2D eigenvalue weighted by molar-refractivity contribution is 7.89. The fourth-order valence-electron chi connectivity index (χ4n) is 2.17. The number of hydrogen-bond acceptors (Lipinski definition) is 3. The van der Waals surface area contributed by atoms with Crippen LogP contribution in [-0.4, -0.2) is 37.9 Å². The molecule has 0 spiro atoms. The van der Waals surface area contributed by atoms with E-state index in [1.165, 1.54) is 0 Å². The highest BCUT2D eigenvalue weighted by Gasteiger charge is 2.36. The van der Waals surface area contributed by atoms with Crippen molar-refractivity contribution in [1.82, 2.24) is 9.62 Å². The van der Waals surface area contributed by atoms with Gasteiger partial charge in [-0.2, -0.15) is 4.31 Å². The van der Waals surface area contributed by atoms with E-state index in [2.05, 4.69) is 5.32 Å². The van der Waals surface area contributed by atoms with Crippen LogP contribution < -0.4 is 5.32 Å². The summed E-state index contributed by atoms with van der Waals surface area (Å²) in [4.78, 5) is -0.865. The Balaban J connectivity index is 0.00000200. The van der Waals surface area contributed by atoms with E-state index < -0.39 is 26.6 Å². The SMILES string of the molecule is CC1CN(S(=O)(=O)c2c(F)cccc2F)C(C)CN1.Cl. The maximum atomic E-state index is 13.7. The monoisotopic (exact) mass is 326 g/mol. The number of nitrogens with one attached hydrogen (secondary N) is 1. The topological polar surface area (TPSA) is 49.4 Å². The molecule has 0 aromatic heterocycles. The fourth-order valence-corrected chi connectivity index (χ4v) is 4.00. The van der Waals surface area contributed by atoms with Crippen LogP contribution in [0.5, 0.6) is 0 Å². The van der Waals surface area contributed by atoms with Gasteiger partial charge in [0.15, 0.2) is 4.90 Å². The van der Waals surface area contributed by atoms with Gasteiger partial charge in [0.1, 0.15) is 11.6 Å². The highest BCUT2D eigenvalue weighted by atomic mass is 35.5. The van der Waals surface area contributed by atoms with Crippen LogP contribution >= 0.6 is 12.4 Å². The Bertz CT molecular complexity index is 563. The largest absolute Gasteiger partial charge is 0.311 e. The van der Waals surface area contributed by atoms with Gasteiger partial charge >= 0.3 is 0 Å².